The molecule has 1 amide bonds. The number of nitrogens with zero attached hydrogens (tertiary/aromatic N) is 1. The molecule has 2 aliphatic rings. The molecule has 0 saturated carbocycles. The van der Waals surface area contributed by atoms with E-state index in [4.69, 9.17) is 0 Å². The van der Waals surface area contributed by atoms with Gasteiger partial charge in [0, 0.05) is 18.6 Å². The lowest BCUT2D eigenvalue weighted by Gasteiger charge is -2.46. The van der Waals surface area contributed by atoms with E-state index < -0.39 is 62.7 Å². The van der Waals surface area contributed by atoms with Crippen molar-refractivity contribution >= 4 is 33.7 Å². The molecule has 0 aromatic heterocycles. The molecule has 24 heavy (non-hydrogen) atoms. The molecule has 10 nitrogen and oxygen atoms in total. The van der Waals surface area contributed by atoms with Crippen LogP contribution in [0, 0.1) is 0 Å². The van der Waals surface area contributed by atoms with E-state index in [9.17, 15) is 32.7 Å². The quantitative estimate of drug-likeness (QED) is 0.296. The monoisotopic (exact) mass is 358 g/mol. The predicted molar refractivity (Wildman–Crippen MR) is 73.2 cm³/mol. The van der Waals surface area contributed by atoms with E-state index in [1.54, 1.807) is 0 Å². The van der Waals surface area contributed by atoms with Crippen LogP contribution in [0.25, 0.3) is 0 Å². The molecule has 1 saturated heterocycles. The van der Waals surface area contributed by atoms with Crippen molar-refractivity contribution in [3.63, 3.8) is 0 Å². The number of aliphatic carboxylic acids is 1. The lowest BCUT2D eigenvalue weighted by Crippen LogP contribution is -2.63. The number of carboxylic acids is 1. The highest BCUT2D eigenvalue weighted by Crippen LogP contribution is 2.39. The molecule has 2 aliphatic heterocycles. The molecule has 11 heteroatoms. The molecule has 0 N–H and O–H groups in total. The summed E-state index contributed by atoms with van der Waals surface area (Å²) in [6.07, 6.45) is 0.699. The highest BCUT2D eigenvalue weighted by Gasteiger charge is 2.55. The maximum absolute atomic E-state index is 12.3. The third-order valence-electron chi connectivity index (χ3n) is 3.38. The van der Waals surface area contributed by atoms with E-state index in [0.717, 1.165) is 14.0 Å². The molecule has 0 aromatic rings. The Hall–Kier alpha value is -2.69. The van der Waals surface area contributed by atoms with Crippen molar-refractivity contribution in [3.8, 4) is 0 Å². The molecule has 2 heterocycles. The molecule has 0 aromatic carbocycles. The summed E-state index contributed by atoms with van der Waals surface area (Å²) in [7, 11) is -2.99. The third kappa shape index (κ3) is 2.89. The number of hydrogen-bond donors (Lipinski definition) is 0. The molecule has 1 fully saturated rings. The first-order chi connectivity index (χ1) is 11.1. The van der Waals surface area contributed by atoms with Gasteiger partial charge in [-0.3, -0.25) is 14.5 Å². The zero-order chi connectivity index (χ0) is 18.2. The van der Waals surface area contributed by atoms with Crippen LogP contribution in [0.5, 0.6) is 0 Å². The highest BCUT2D eigenvalue weighted by molar-refractivity contribution is 7.92. The first-order valence-corrected chi connectivity index (χ1v) is 8.23. The van der Waals surface area contributed by atoms with Gasteiger partial charge in [0.1, 0.15) is 6.61 Å². The average Bonchev–Trinajstić information content (AvgIpc) is 2.48. The number of ether oxygens (including phenoxy) is 2. The van der Waals surface area contributed by atoms with Gasteiger partial charge < -0.3 is 19.4 Å². The van der Waals surface area contributed by atoms with Crippen molar-refractivity contribution < 1.29 is 42.2 Å². The fraction of sp³-hybridized carbons (Fsp3) is 0.385. The number of carbonyl (C=O) groups is 4. The Morgan fingerprint density at radius 1 is 1.38 bits per heavy atom. The minimum atomic E-state index is -4.03. The number of β-lactam (4-membered cyclic amide) rings is 1. The zero-order valence-corrected chi connectivity index (χ0v) is 13.4. The number of sulfone groups is 1. The second kappa shape index (κ2) is 6.07. The fourth-order valence-corrected chi connectivity index (χ4v) is 4.36. The normalized spacial score (nSPS) is 23.4. The van der Waals surface area contributed by atoms with Gasteiger partial charge >= 0.3 is 11.9 Å². The van der Waals surface area contributed by atoms with Gasteiger partial charge in [-0.05, 0) is 0 Å². The molecule has 130 valence electrons. The topological polar surface area (TPSA) is 147 Å². The summed E-state index contributed by atoms with van der Waals surface area (Å²) < 4.78 is 33.6. The Morgan fingerprint density at radius 2 is 2.00 bits per heavy atom. The molecular formula is C13H12NO9S-. The summed E-state index contributed by atoms with van der Waals surface area (Å²) in [5, 5.41) is 9.72. The number of rotatable bonds is 4. The molecule has 1 atom stereocenters. The summed E-state index contributed by atoms with van der Waals surface area (Å²) in [4.78, 5) is 46.0. The van der Waals surface area contributed by atoms with Gasteiger partial charge in [-0.1, -0.05) is 0 Å². The number of methoxy groups -OCH3 is 1. The number of fused-ring (bicyclic) bond motifs is 1. The number of hydrogen-bond acceptors (Lipinski definition) is 9. The van der Waals surface area contributed by atoms with E-state index in [2.05, 4.69) is 9.47 Å². The summed E-state index contributed by atoms with van der Waals surface area (Å²) >= 11 is 0. The molecular weight excluding hydrogens is 346 g/mol. The maximum Gasteiger partial charge on any atom is 0.331 e. The van der Waals surface area contributed by atoms with Crippen LogP contribution >= 0.6 is 0 Å². The first-order valence-electron chi connectivity index (χ1n) is 6.51. The number of esters is 2. The van der Waals surface area contributed by atoms with E-state index in [1.807, 2.05) is 0 Å². The van der Waals surface area contributed by atoms with E-state index in [0.29, 0.717) is 11.0 Å². The first kappa shape index (κ1) is 17.7. The molecule has 2 rings (SSSR count). The van der Waals surface area contributed by atoms with Crippen molar-refractivity contribution in [3.05, 3.63) is 22.9 Å². The van der Waals surface area contributed by atoms with E-state index >= 15 is 0 Å². The number of amides is 1. The third-order valence-corrected chi connectivity index (χ3v) is 5.27. The van der Waals surface area contributed by atoms with Crippen LogP contribution < -0.4 is 5.11 Å². The van der Waals surface area contributed by atoms with Crippen LogP contribution in [0.3, 0.4) is 0 Å². The summed E-state index contributed by atoms with van der Waals surface area (Å²) in [6, 6.07) is 0. The lowest BCUT2D eigenvalue weighted by atomic mass is 10.0. The van der Waals surface area contributed by atoms with Crippen LogP contribution in [0.15, 0.2) is 22.9 Å². The average molecular weight is 358 g/mol. The molecule has 0 spiro atoms. The Kier molecular flexibility index (Phi) is 4.47. The largest absolute Gasteiger partial charge is 0.543 e. The van der Waals surface area contributed by atoms with Crippen LogP contribution in [0.1, 0.15) is 6.92 Å². The minimum absolute atomic E-state index is 0.285. The van der Waals surface area contributed by atoms with Gasteiger partial charge in [0.15, 0.2) is 15.2 Å². The second-order valence-corrected chi connectivity index (χ2v) is 7.04. The zero-order valence-electron chi connectivity index (χ0n) is 12.6. The summed E-state index contributed by atoms with van der Waals surface area (Å²) in [5.74, 6) is -5.22. The van der Waals surface area contributed by atoms with Crippen molar-refractivity contribution in [2.45, 2.75) is 12.3 Å². The Morgan fingerprint density at radius 3 is 2.50 bits per heavy atom. The van der Waals surface area contributed by atoms with Crippen LogP contribution in [0.2, 0.25) is 0 Å². The fourth-order valence-electron chi connectivity index (χ4n) is 2.42. The molecule has 0 aliphatic carbocycles. The van der Waals surface area contributed by atoms with Gasteiger partial charge in [-0.25, -0.2) is 13.2 Å². The van der Waals surface area contributed by atoms with Gasteiger partial charge in [-0.15, -0.1) is 0 Å². The smallest absolute Gasteiger partial charge is 0.331 e. The summed E-state index contributed by atoms with van der Waals surface area (Å²) in [6.45, 7) is 0.454. The predicted octanol–water partition coefficient (Wildman–Crippen LogP) is -2.75. The Labute approximate surface area is 136 Å². The summed E-state index contributed by atoms with van der Waals surface area (Å²) in [5.41, 5.74) is -1.36. The standard InChI is InChI=1S/C13H13NO9S/c1-6(15)23-4-7-5-24(20,21)12-8(3-9(16)22-2)11(17)14(12)10(7)13(18)19/h3,12H,4-5H2,1-2H3,(H,18,19)/p-1/b8-3-/t12-/m1/s1. The van der Waals surface area contributed by atoms with Crippen LogP contribution in [-0.4, -0.2) is 62.0 Å². The van der Waals surface area contributed by atoms with Crippen molar-refractivity contribution in [1.82, 2.24) is 4.90 Å². The highest BCUT2D eigenvalue weighted by atomic mass is 32.2. The maximum atomic E-state index is 12.3. The Balaban J connectivity index is 2.50. The van der Waals surface area contributed by atoms with E-state index in [-0.39, 0.29) is 5.57 Å². The van der Waals surface area contributed by atoms with Crippen LogP contribution in [-0.2, 0) is 38.5 Å². The van der Waals surface area contributed by atoms with Crippen LogP contribution in [0.4, 0.5) is 0 Å². The lowest BCUT2D eigenvalue weighted by molar-refractivity contribution is -0.301. The van der Waals surface area contributed by atoms with E-state index in [1.165, 1.54) is 0 Å². The van der Waals surface area contributed by atoms with Crippen molar-refractivity contribution in [2.24, 2.45) is 0 Å². The SMILES string of the molecule is COC(=O)/C=C1/C(=O)N2C(C(=O)[O-])=C(COC(C)=O)CS(=O)(=O)[C@H]12. The van der Waals surface area contributed by atoms with Gasteiger partial charge in [0.25, 0.3) is 5.91 Å². The molecule has 0 bridgehead atoms. The second-order valence-electron chi connectivity index (χ2n) is 4.98. The van der Waals surface area contributed by atoms with Gasteiger partial charge in [0.05, 0.1) is 30.1 Å². The van der Waals surface area contributed by atoms with Crippen molar-refractivity contribution in [1.29, 1.82) is 0 Å². The number of carbonyl (C=O) groups excluding carboxylic acids is 4. The number of carboxylic acid groups (broad SMARTS) is 1. The molecule has 0 unspecified atom stereocenters. The Bertz CT molecular complexity index is 805. The van der Waals surface area contributed by atoms with Gasteiger partial charge in [0.2, 0.25) is 0 Å². The van der Waals surface area contributed by atoms with Gasteiger partial charge in [-0.2, -0.15) is 0 Å². The van der Waals surface area contributed by atoms with Crippen molar-refractivity contribution in [2.75, 3.05) is 19.5 Å². The molecule has 0 radical (unpaired) electrons. The minimum Gasteiger partial charge on any atom is -0.543 e.